The lowest BCUT2D eigenvalue weighted by Gasteiger charge is -2.17. The summed E-state index contributed by atoms with van der Waals surface area (Å²) in [7, 11) is 1.50. The predicted molar refractivity (Wildman–Crippen MR) is 128 cm³/mol. The van der Waals surface area contributed by atoms with E-state index in [0.717, 1.165) is 11.1 Å². The number of aromatic amines is 1. The van der Waals surface area contributed by atoms with Crippen LogP contribution in [0.5, 0.6) is 11.6 Å². The van der Waals surface area contributed by atoms with Gasteiger partial charge >= 0.3 is 0 Å². The molecule has 0 aliphatic heterocycles. The smallest absolute Gasteiger partial charge is 0.256 e. The molecular weight excluding hydrogens is 434 g/mol. The van der Waals surface area contributed by atoms with E-state index in [1.165, 1.54) is 7.11 Å². The molecule has 0 aliphatic rings. The molecule has 0 fully saturated rings. The highest BCUT2D eigenvalue weighted by Crippen LogP contribution is 2.28. The van der Waals surface area contributed by atoms with E-state index in [0.29, 0.717) is 40.7 Å². The predicted octanol–water partition coefficient (Wildman–Crippen LogP) is 3.32. The minimum Gasteiger partial charge on any atom is -0.496 e. The van der Waals surface area contributed by atoms with Crippen LogP contribution in [0, 0.1) is 13.8 Å². The Morgan fingerprint density at radius 3 is 2.71 bits per heavy atom. The molecule has 4 aromatic rings. The average Bonchev–Trinajstić information content (AvgIpc) is 3.13. The Bertz CT molecular complexity index is 1380. The lowest BCUT2D eigenvalue weighted by molar-refractivity contribution is 0.0951. The van der Waals surface area contributed by atoms with Gasteiger partial charge in [0.25, 0.3) is 11.5 Å². The van der Waals surface area contributed by atoms with E-state index in [9.17, 15) is 9.59 Å². The lowest BCUT2D eigenvalue weighted by Crippen LogP contribution is -2.28. The number of carbonyl (C=O) groups excluding carboxylic acids is 1. The number of methoxy groups -OCH3 is 1. The van der Waals surface area contributed by atoms with Crippen molar-refractivity contribution in [1.82, 2.24) is 24.8 Å². The largest absolute Gasteiger partial charge is 0.496 e. The number of rotatable bonds is 8. The van der Waals surface area contributed by atoms with Crippen molar-refractivity contribution in [3.63, 3.8) is 0 Å². The first-order valence-corrected chi connectivity index (χ1v) is 10.9. The Balaban J connectivity index is 1.61. The summed E-state index contributed by atoms with van der Waals surface area (Å²) in [5.74, 6) is 0.670. The Morgan fingerprint density at radius 2 is 1.97 bits per heavy atom. The van der Waals surface area contributed by atoms with Crippen molar-refractivity contribution < 1.29 is 14.3 Å². The number of H-pyrrole nitrogens is 1. The minimum absolute atomic E-state index is 0.0301. The van der Waals surface area contributed by atoms with Crippen LogP contribution in [-0.2, 0) is 6.54 Å². The van der Waals surface area contributed by atoms with Crippen LogP contribution in [0.2, 0.25) is 0 Å². The summed E-state index contributed by atoms with van der Waals surface area (Å²) in [5.41, 5.74) is 2.71. The molecule has 0 saturated heterocycles. The number of ether oxygens (including phenoxy) is 2. The third-order valence-electron chi connectivity index (χ3n) is 5.66. The maximum atomic E-state index is 13.3. The summed E-state index contributed by atoms with van der Waals surface area (Å²) < 4.78 is 13.2. The molecular formula is C25H27N5O4. The van der Waals surface area contributed by atoms with E-state index >= 15 is 0 Å². The van der Waals surface area contributed by atoms with Gasteiger partial charge in [0, 0.05) is 35.2 Å². The van der Waals surface area contributed by atoms with Crippen molar-refractivity contribution in [1.29, 1.82) is 0 Å². The highest BCUT2D eigenvalue weighted by molar-refractivity contribution is 6.07. The van der Waals surface area contributed by atoms with Crippen LogP contribution in [0.15, 0.2) is 53.6 Å². The molecule has 0 bridgehead atoms. The molecule has 9 nitrogen and oxygen atoms in total. The standard InChI is InChI=1S/C25H27N5O4/c1-15-12-20(33-4)19(24(31)29-15)13-28-25(32)22-17(3)30(23-18(22)8-7-11-27-23)16(2)14-34-21-9-5-6-10-26-21/h5-12,16H,13-14H2,1-4H3,(H,28,32)(H,29,31). The van der Waals surface area contributed by atoms with Crippen LogP contribution in [-0.4, -0.2) is 39.1 Å². The van der Waals surface area contributed by atoms with E-state index in [-0.39, 0.29) is 24.1 Å². The van der Waals surface area contributed by atoms with Gasteiger partial charge in [-0.3, -0.25) is 9.59 Å². The van der Waals surface area contributed by atoms with Gasteiger partial charge in [-0.25, -0.2) is 9.97 Å². The number of carbonyl (C=O) groups is 1. The first kappa shape index (κ1) is 23.0. The number of aromatic nitrogens is 4. The summed E-state index contributed by atoms with van der Waals surface area (Å²) in [4.78, 5) is 37.2. The Labute approximate surface area is 196 Å². The fourth-order valence-electron chi connectivity index (χ4n) is 4.09. The van der Waals surface area contributed by atoms with E-state index in [4.69, 9.17) is 9.47 Å². The van der Waals surface area contributed by atoms with Gasteiger partial charge in [0.15, 0.2) is 0 Å². The fourth-order valence-corrected chi connectivity index (χ4v) is 4.09. The summed E-state index contributed by atoms with van der Waals surface area (Å²) in [6.45, 7) is 6.05. The Kier molecular flexibility index (Phi) is 6.62. The van der Waals surface area contributed by atoms with E-state index in [1.807, 2.05) is 36.6 Å². The number of hydrogen-bond donors (Lipinski definition) is 2. The quantitative estimate of drug-likeness (QED) is 0.416. The maximum Gasteiger partial charge on any atom is 0.256 e. The van der Waals surface area contributed by atoms with Gasteiger partial charge in [-0.1, -0.05) is 6.07 Å². The first-order chi connectivity index (χ1) is 16.4. The zero-order chi connectivity index (χ0) is 24.2. The van der Waals surface area contributed by atoms with E-state index in [1.54, 1.807) is 37.5 Å². The van der Waals surface area contributed by atoms with Gasteiger partial charge in [0.2, 0.25) is 5.88 Å². The normalized spacial score (nSPS) is 11.9. The number of hydrogen-bond acceptors (Lipinski definition) is 6. The number of nitrogens with zero attached hydrogens (tertiary/aromatic N) is 3. The first-order valence-electron chi connectivity index (χ1n) is 10.9. The molecule has 1 atom stereocenters. The van der Waals surface area contributed by atoms with Crippen molar-refractivity contribution in [2.24, 2.45) is 0 Å². The molecule has 2 N–H and O–H groups in total. The number of fused-ring (bicyclic) bond motifs is 1. The molecule has 1 amide bonds. The summed E-state index contributed by atoms with van der Waals surface area (Å²) in [6.07, 6.45) is 3.37. The number of amides is 1. The average molecular weight is 462 g/mol. The molecule has 0 radical (unpaired) electrons. The van der Waals surface area contributed by atoms with Crippen LogP contribution >= 0.6 is 0 Å². The van der Waals surface area contributed by atoms with Gasteiger partial charge < -0.3 is 24.3 Å². The van der Waals surface area contributed by atoms with Gasteiger partial charge in [-0.05, 0) is 45.0 Å². The van der Waals surface area contributed by atoms with Crippen molar-refractivity contribution in [2.75, 3.05) is 13.7 Å². The highest BCUT2D eigenvalue weighted by atomic mass is 16.5. The third-order valence-corrected chi connectivity index (χ3v) is 5.66. The van der Waals surface area contributed by atoms with Gasteiger partial charge in [0.1, 0.15) is 18.0 Å². The SMILES string of the molecule is COc1cc(C)[nH]c(=O)c1CNC(=O)c1c(C)n(C(C)COc2ccccn2)c2ncccc12. The van der Waals surface area contributed by atoms with Gasteiger partial charge in [0.05, 0.1) is 30.8 Å². The van der Waals surface area contributed by atoms with E-state index in [2.05, 4.69) is 20.3 Å². The molecule has 34 heavy (non-hydrogen) atoms. The van der Waals surface area contributed by atoms with Crippen molar-refractivity contribution in [3.05, 3.63) is 81.7 Å². The van der Waals surface area contributed by atoms with Crippen molar-refractivity contribution >= 4 is 16.9 Å². The van der Waals surface area contributed by atoms with Crippen LogP contribution < -0.4 is 20.3 Å². The van der Waals surface area contributed by atoms with Crippen LogP contribution in [0.3, 0.4) is 0 Å². The number of aryl methyl sites for hydroxylation is 1. The molecule has 1 unspecified atom stereocenters. The molecule has 0 aliphatic carbocycles. The van der Waals surface area contributed by atoms with Crippen LogP contribution in [0.25, 0.3) is 11.0 Å². The molecule has 0 aromatic carbocycles. The maximum absolute atomic E-state index is 13.3. The second kappa shape index (κ2) is 9.78. The van der Waals surface area contributed by atoms with Gasteiger partial charge in [-0.2, -0.15) is 0 Å². The van der Waals surface area contributed by atoms with Crippen molar-refractivity contribution in [2.45, 2.75) is 33.4 Å². The lowest BCUT2D eigenvalue weighted by atomic mass is 10.1. The Hall–Kier alpha value is -4.14. The molecule has 4 rings (SSSR count). The monoisotopic (exact) mass is 461 g/mol. The van der Waals surface area contributed by atoms with Gasteiger partial charge in [-0.15, -0.1) is 0 Å². The molecule has 4 heterocycles. The molecule has 0 spiro atoms. The third kappa shape index (κ3) is 4.50. The number of pyridine rings is 3. The second-order valence-electron chi connectivity index (χ2n) is 8.04. The topological polar surface area (TPSA) is 111 Å². The minimum atomic E-state index is -0.297. The summed E-state index contributed by atoms with van der Waals surface area (Å²) in [6, 6.07) is 10.8. The molecule has 9 heteroatoms. The molecule has 176 valence electrons. The van der Waals surface area contributed by atoms with Crippen LogP contribution in [0.1, 0.15) is 40.3 Å². The van der Waals surface area contributed by atoms with E-state index < -0.39 is 0 Å². The highest BCUT2D eigenvalue weighted by Gasteiger charge is 2.24. The van der Waals surface area contributed by atoms with Crippen LogP contribution in [0.4, 0.5) is 0 Å². The zero-order valence-corrected chi connectivity index (χ0v) is 19.6. The van der Waals surface area contributed by atoms with Crippen molar-refractivity contribution in [3.8, 4) is 11.6 Å². The summed E-state index contributed by atoms with van der Waals surface area (Å²) >= 11 is 0. The second-order valence-corrected chi connectivity index (χ2v) is 8.04. The molecule has 0 saturated carbocycles. The molecule has 4 aromatic heterocycles. The number of nitrogens with one attached hydrogen (secondary N) is 2. The summed E-state index contributed by atoms with van der Waals surface area (Å²) in [5, 5.41) is 3.60. The fraction of sp³-hybridized carbons (Fsp3) is 0.280. The zero-order valence-electron chi connectivity index (χ0n) is 19.6. The Morgan fingerprint density at radius 1 is 1.18 bits per heavy atom.